The lowest BCUT2D eigenvalue weighted by Gasteiger charge is -2.24. The second-order valence-corrected chi connectivity index (χ2v) is 7.39. The third kappa shape index (κ3) is 7.21. The van der Waals surface area contributed by atoms with Crippen molar-refractivity contribution < 1.29 is 14.3 Å². The van der Waals surface area contributed by atoms with Crippen LogP contribution < -0.4 is 10.7 Å². The second kappa shape index (κ2) is 11.3. The van der Waals surface area contributed by atoms with Gasteiger partial charge >= 0.3 is 6.09 Å². The van der Waals surface area contributed by atoms with Crippen LogP contribution in [0.15, 0.2) is 60.7 Å². The van der Waals surface area contributed by atoms with E-state index in [0.717, 1.165) is 11.1 Å². The van der Waals surface area contributed by atoms with E-state index in [1.54, 1.807) is 7.05 Å². The Labute approximate surface area is 174 Å². The van der Waals surface area contributed by atoms with E-state index in [9.17, 15) is 9.59 Å². The van der Waals surface area contributed by atoms with E-state index in [1.165, 1.54) is 16.8 Å². The summed E-state index contributed by atoms with van der Waals surface area (Å²) in [5.74, 6) is -0.376. The van der Waals surface area contributed by atoms with Crippen LogP contribution in [0, 0.1) is 0 Å². The topological polar surface area (TPSA) is 70.7 Å². The first-order valence-corrected chi connectivity index (χ1v) is 10.3. The molecule has 0 aliphatic carbocycles. The normalized spacial score (nSPS) is 11.2. The van der Waals surface area contributed by atoms with Crippen LogP contribution >= 0.6 is 24.0 Å². The van der Waals surface area contributed by atoms with Crippen molar-refractivity contribution in [2.45, 2.75) is 19.1 Å². The summed E-state index contributed by atoms with van der Waals surface area (Å²) in [5.41, 5.74) is 4.48. The fraction of sp³-hybridized carbons (Fsp3) is 0.250. The summed E-state index contributed by atoms with van der Waals surface area (Å²) in [4.78, 5) is 24.9. The molecular formula is C20H23N3O3S2. The molecule has 8 heteroatoms. The average molecular weight is 418 g/mol. The van der Waals surface area contributed by atoms with E-state index in [0.29, 0.717) is 10.7 Å². The van der Waals surface area contributed by atoms with Crippen molar-refractivity contribution in [3.8, 4) is 0 Å². The van der Waals surface area contributed by atoms with Gasteiger partial charge in [0, 0.05) is 13.5 Å². The van der Waals surface area contributed by atoms with Gasteiger partial charge in [0.1, 0.15) is 12.6 Å². The first-order valence-electron chi connectivity index (χ1n) is 8.63. The van der Waals surface area contributed by atoms with Crippen molar-refractivity contribution in [1.82, 2.24) is 15.8 Å². The van der Waals surface area contributed by atoms with Crippen LogP contribution in [0.1, 0.15) is 11.1 Å². The van der Waals surface area contributed by atoms with E-state index in [-0.39, 0.29) is 12.5 Å². The van der Waals surface area contributed by atoms with Crippen LogP contribution in [-0.4, -0.2) is 40.7 Å². The largest absolute Gasteiger partial charge is 0.445 e. The van der Waals surface area contributed by atoms with E-state index < -0.39 is 12.1 Å². The van der Waals surface area contributed by atoms with Crippen molar-refractivity contribution in [1.29, 1.82) is 0 Å². The number of carbonyl (C=O) groups excluding carboxylic acids is 2. The molecule has 6 nitrogen and oxygen atoms in total. The summed E-state index contributed by atoms with van der Waals surface area (Å²) in [7, 11) is 1.66. The zero-order chi connectivity index (χ0) is 20.4. The Balaban J connectivity index is 2.01. The number of alkyl carbamates (subject to hydrolysis) is 1. The number of amides is 2. The summed E-state index contributed by atoms with van der Waals surface area (Å²) in [6, 6.07) is 18.0. The Morgan fingerprint density at radius 3 is 2.21 bits per heavy atom. The zero-order valence-electron chi connectivity index (χ0n) is 15.8. The van der Waals surface area contributed by atoms with Crippen molar-refractivity contribution in [2.24, 2.45) is 0 Å². The van der Waals surface area contributed by atoms with Crippen molar-refractivity contribution >= 4 is 40.3 Å². The lowest BCUT2D eigenvalue weighted by atomic mass is 10.1. The molecule has 1 atom stereocenters. The Bertz CT molecular complexity index is 788. The molecule has 2 aromatic rings. The Kier molecular flexibility index (Phi) is 8.77. The molecule has 148 valence electrons. The van der Waals surface area contributed by atoms with Gasteiger partial charge in [-0.1, -0.05) is 84.6 Å². The number of hydrogen-bond acceptors (Lipinski definition) is 5. The molecule has 1 unspecified atom stereocenters. The minimum atomic E-state index is -0.808. The molecule has 0 heterocycles. The SMILES string of the molecule is CSC(=S)N(C)NC(=O)C(Cc1ccccc1)NC(=O)OCc1ccccc1. The molecule has 2 aromatic carbocycles. The number of nitrogens with one attached hydrogen (secondary N) is 2. The van der Waals surface area contributed by atoms with Crippen molar-refractivity contribution in [3.63, 3.8) is 0 Å². The summed E-state index contributed by atoms with van der Waals surface area (Å²) in [5, 5.41) is 4.10. The van der Waals surface area contributed by atoms with Gasteiger partial charge in [-0.05, 0) is 17.4 Å². The minimum absolute atomic E-state index is 0.128. The molecule has 0 aliphatic heterocycles. The first-order chi connectivity index (χ1) is 13.5. The highest BCUT2D eigenvalue weighted by molar-refractivity contribution is 8.22. The summed E-state index contributed by atoms with van der Waals surface area (Å²) in [6.07, 6.45) is 1.49. The molecule has 0 spiro atoms. The highest BCUT2D eigenvalue weighted by atomic mass is 32.2. The summed E-state index contributed by atoms with van der Waals surface area (Å²) in [6.45, 7) is 0.128. The Morgan fingerprint density at radius 2 is 1.64 bits per heavy atom. The van der Waals surface area contributed by atoms with E-state index >= 15 is 0 Å². The number of benzene rings is 2. The lowest BCUT2D eigenvalue weighted by Crippen LogP contribution is -2.53. The maximum atomic E-state index is 12.7. The number of carbonyl (C=O) groups is 2. The quantitative estimate of drug-likeness (QED) is 0.556. The van der Waals surface area contributed by atoms with Gasteiger partial charge in [-0.25, -0.2) is 4.79 Å². The Hall–Kier alpha value is -2.58. The van der Waals surface area contributed by atoms with Gasteiger partial charge < -0.3 is 10.1 Å². The fourth-order valence-electron chi connectivity index (χ4n) is 2.39. The van der Waals surface area contributed by atoms with Gasteiger partial charge in [-0.3, -0.25) is 15.2 Å². The van der Waals surface area contributed by atoms with Crippen molar-refractivity contribution in [3.05, 3.63) is 71.8 Å². The third-order valence-corrected chi connectivity index (χ3v) is 5.23. The standard InChI is InChI=1S/C20H23N3O3S2/c1-23(20(27)28-2)22-18(24)17(13-15-9-5-3-6-10-15)21-19(25)26-14-16-11-7-4-8-12-16/h3-12,17H,13-14H2,1-2H3,(H,21,25)(H,22,24). The predicted molar refractivity (Wildman–Crippen MR) is 116 cm³/mol. The molecule has 0 aromatic heterocycles. The molecule has 0 fully saturated rings. The smallest absolute Gasteiger partial charge is 0.408 e. The molecule has 0 radical (unpaired) electrons. The Morgan fingerprint density at radius 1 is 1.07 bits per heavy atom. The first kappa shape index (κ1) is 21.7. The fourth-order valence-corrected chi connectivity index (χ4v) is 2.76. The summed E-state index contributed by atoms with van der Waals surface area (Å²) >= 11 is 6.50. The van der Waals surface area contributed by atoms with Crippen LogP contribution in [0.4, 0.5) is 4.79 Å². The van der Waals surface area contributed by atoms with Crippen LogP contribution in [0.5, 0.6) is 0 Å². The lowest BCUT2D eigenvalue weighted by molar-refractivity contribution is -0.125. The number of ether oxygens (including phenoxy) is 1. The highest BCUT2D eigenvalue weighted by Crippen LogP contribution is 2.06. The maximum absolute atomic E-state index is 12.7. The zero-order valence-corrected chi connectivity index (χ0v) is 17.4. The molecule has 0 aliphatic rings. The molecule has 2 amide bonds. The monoisotopic (exact) mass is 417 g/mol. The number of thiocarbonyl (C=S) groups is 1. The van der Waals surface area contributed by atoms with Crippen LogP contribution in [0.3, 0.4) is 0 Å². The van der Waals surface area contributed by atoms with Crippen LogP contribution in [-0.2, 0) is 22.6 Å². The molecule has 0 saturated carbocycles. The van der Waals surface area contributed by atoms with Crippen molar-refractivity contribution in [2.75, 3.05) is 13.3 Å². The van der Waals surface area contributed by atoms with Gasteiger partial charge in [0.2, 0.25) is 0 Å². The average Bonchev–Trinajstić information content (AvgIpc) is 2.72. The number of nitrogens with zero attached hydrogens (tertiary/aromatic N) is 1. The van der Waals surface area contributed by atoms with Gasteiger partial charge in [-0.2, -0.15) is 0 Å². The number of hydrazine groups is 1. The molecular weight excluding hydrogens is 394 g/mol. The molecule has 2 N–H and O–H groups in total. The van der Waals surface area contributed by atoms with Crippen LogP contribution in [0.25, 0.3) is 0 Å². The highest BCUT2D eigenvalue weighted by Gasteiger charge is 2.23. The van der Waals surface area contributed by atoms with E-state index in [1.807, 2.05) is 66.9 Å². The van der Waals surface area contributed by atoms with Gasteiger partial charge in [0.05, 0.1) is 0 Å². The molecule has 28 heavy (non-hydrogen) atoms. The van der Waals surface area contributed by atoms with Gasteiger partial charge in [0.25, 0.3) is 5.91 Å². The predicted octanol–water partition coefficient (Wildman–Crippen LogP) is 3.14. The number of thioether (sulfide) groups is 1. The van der Waals surface area contributed by atoms with Gasteiger partial charge in [-0.15, -0.1) is 0 Å². The van der Waals surface area contributed by atoms with E-state index in [4.69, 9.17) is 17.0 Å². The maximum Gasteiger partial charge on any atom is 0.408 e. The minimum Gasteiger partial charge on any atom is -0.445 e. The van der Waals surface area contributed by atoms with Crippen LogP contribution in [0.2, 0.25) is 0 Å². The van der Waals surface area contributed by atoms with E-state index in [2.05, 4.69) is 10.7 Å². The molecule has 2 rings (SSSR count). The number of rotatable bonds is 6. The van der Waals surface area contributed by atoms with Gasteiger partial charge in [0.15, 0.2) is 4.32 Å². The third-order valence-electron chi connectivity index (χ3n) is 3.83. The number of hydrogen-bond donors (Lipinski definition) is 2. The molecule has 0 saturated heterocycles. The summed E-state index contributed by atoms with van der Waals surface area (Å²) < 4.78 is 5.76. The second-order valence-electron chi connectivity index (χ2n) is 5.95. The molecule has 0 bridgehead atoms.